The van der Waals surface area contributed by atoms with Gasteiger partial charge in [-0.1, -0.05) is 25.1 Å². The molecule has 1 aromatic rings. The maximum atomic E-state index is 13.6. The van der Waals surface area contributed by atoms with E-state index in [1.807, 2.05) is 6.92 Å². The van der Waals surface area contributed by atoms with Gasteiger partial charge in [0.1, 0.15) is 11.9 Å². The van der Waals surface area contributed by atoms with E-state index in [0.29, 0.717) is 17.5 Å². The highest BCUT2D eigenvalue weighted by molar-refractivity contribution is 5.26. The first kappa shape index (κ1) is 10.5. The maximum absolute atomic E-state index is 13.6. The lowest BCUT2D eigenvalue weighted by molar-refractivity contribution is 0.155. The molecule has 0 saturated heterocycles. The summed E-state index contributed by atoms with van der Waals surface area (Å²) in [6.45, 7) is 3.54. The van der Waals surface area contributed by atoms with Gasteiger partial charge in [0.25, 0.3) is 6.26 Å². The van der Waals surface area contributed by atoms with Crippen molar-refractivity contribution in [3.63, 3.8) is 0 Å². The van der Waals surface area contributed by atoms with Crippen molar-refractivity contribution in [2.24, 2.45) is 0 Å². The molecule has 3 heteroatoms. The molecule has 0 amide bonds. The van der Waals surface area contributed by atoms with Crippen molar-refractivity contribution in [3.05, 3.63) is 35.1 Å². The minimum atomic E-state index is -0.472. The summed E-state index contributed by atoms with van der Waals surface area (Å²) in [5, 5.41) is 8.39. The number of nitrogens with zero attached hydrogens (tertiary/aromatic N) is 1. The van der Waals surface area contributed by atoms with E-state index in [1.165, 1.54) is 0 Å². The summed E-state index contributed by atoms with van der Waals surface area (Å²) in [6.07, 6.45) is 1.70. The largest absolute Gasteiger partial charge is 0.419 e. The van der Waals surface area contributed by atoms with E-state index in [4.69, 9.17) is 10.00 Å². The molecule has 0 N–H and O–H groups in total. The number of rotatable bonds is 3. The number of ether oxygens (including phenoxy) is 1. The number of aryl methyl sites for hydroxylation is 1. The van der Waals surface area contributed by atoms with Gasteiger partial charge in [-0.25, -0.2) is 4.39 Å². The maximum Gasteiger partial charge on any atom is 0.286 e. The standard InChI is InChI=1S/C11H12FNO/c1-3-10(14-7-13)9-6-4-5-8(2)11(9)12/h4-6,10H,3H2,1-2H3/t10-/m1/s1. The number of halogens is 1. The van der Waals surface area contributed by atoms with Crippen LogP contribution in [0.5, 0.6) is 0 Å². The molecule has 0 aliphatic carbocycles. The quantitative estimate of drug-likeness (QED) is 0.691. The van der Waals surface area contributed by atoms with Crippen LogP contribution in [0.4, 0.5) is 4.39 Å². The topological polar surface area (TPSA) is 33.0 Å². The summed E-state index contributed by atoms with van der Waals surface area (Å²) >= 11 is 0. The third-order valence-corrected chi connectivity index (χ3v) is 2.13. The first-order valence-corrected chi connectivity index (χ1v) is 4.50. The highest BCUT2D eigenvalue weighted by atomic mass is 19.1. The highest BCUT2D eigenvalue weighted by Crippen LogP contribution is 2.24. The summed E-state index contributed by atoms with van der Waals surface area (Å²) in [7, 11) is 0. The van der Waals surface area contributed by atoms with Crippen LogP contribution in [-0.2, 0) is 4.74 Å². The van der Waals surface area contributed by atoms with Crippen LogP contribution in [0.1, 0.15) is 30.6 Å². The van der Waals surface area contributed by atoms with Crippen molar-refractivity contribution >= 4 is 0 Å². The van der Waals surface area contributed by atoms with Crippen LogP contribution in [0, 0.1) is 24.3 Å². The van der Waals surface area contributed by atoms with E-state index in [-0.39, 0.29) is 5.82 Å². The Hall–Kier alpha value is -1.56. The molecule has 1 aromatic carbocycles. The van der Waals surface area contributed by atoms with Gasteiger partial charge in [-0.3, -0.25) is 0 Å². The fourth-order valence-electron chi connectivity index (χ4n) is 1.35. The third-order valence-electron chi connectivity index (χ3n) is 2.13. The Bertz CT molecular complexity index is 357. The SMILES string of the molecule is CC[C@@H](OC#N)c1cccc(C)c1F. The van der Waals surface area contributed by atoms with E-state index in [1.54, 1.807) is 31.4 Å². The van der Waals surface area contributed by atoms with Crippen LogP contribution in [0.3, 0.4) is 0 Å². The molecule has 0 bridgehead atoms. The van der Waals surface area contributed by atoms with Crippen LogP contribution in [0.2, 0.25) is 0 Å². The van der Waals surface area contributed by atoms with Crippen molar-refractivity contribution in [1.82, 2.24) is 0 Å². The molecular formula is C11H12FNO. The average molecular weight is 193 g/mol. The Morgan fingerprint density at radius 3 is 2.86 bits per heavy atom. The van der Waals surface area contributed by atoms with Gasteiger partial charge in [0.2, 0.25) is 0 Å². The lowest BCUT2D eigenvalue weighted by Crippen LogP contribution is -2.03. The molecule has 0 aliphatic heterocycles. The zero-order valence-electron chi connectivity index (χ0n) is 8.25. The Morgan fingerprint density at radius 1 is 1.57 bits per heavy atom. The van der Waals surface area contributed by atoms with Gasteiger partial charge < -0.3 is 4.74 Å². The molecule has 1 atom stereocenters. The molecule has 14 heavy (non-hydrogen) atoms. The predicted octanol–water partition coefficient (Wildman–Crippen LogP) is 3.08. The smallest absolute Gasteiger partial charge is 0.286 e. The average Bonchev–Trinajstić information content (AvgIpc) is 2.19. The van der Waals surface area contributed by atoms with Gasteiger partial charge in [0, 0.05) is 5.56 Å². The van der Waals surface area contributed by atoms with Crippen LogP contribution in [0.25, 0.3) is 0 Å². The summed E-state index contributed by atoms with van der Waals surface area (Å²) < 4.78 is 18.4. The van der Waals surface area contributed by atoms with Crippen LogP contribution in [-0.4, -0.2) is 0 Å². The van der Waals surface area contributed by atoms with E-state index < -0.39 is 6.10 Å². The van der Waals surface area contributed by atoms with Crippen LogP contribution < -0.4 is 0 Å². The van der Waals surface area contributed by atoms with Crippen molar-refractivity contribution in [1.29, 1.82) is 5.26 Å². The number of hydrogen-bond acceptors (Lipinski definition) is 2. The Labute approximate surface area is 82.9 Å². The van der Waals surface area contributed by atoms with Gasteiger partial charge in [-0.05, 0) is 18.9 Å². The predicted molar refractivity (Wildman–Crippen MR) is 50.9 cm³/mol. The van der Waals surface area contributed by atoms with Crippen molar-refractivity contribution in [3.8, 4) is 6.26 Å². The molecule has 0 aromatic heterocycles. The minimum absolute atomic E-state index is 0.283. The Morgan fingerprint density at radius 2 is 2.29 bits per heavy atom. The van der Waals surface area contributed by atoms with E-state index >= 15 is 0 Å². The lowest BCUT2D eigenvalue weighted by Gasteiger charge is -2.13. The fraction of sp³-hybridized carbons (Fsp3) is 0.364. The zero-order valence-corrected chi connectivity index (χ0v) is 8.25. The zero-order chi connectivity index (χ0) is 10.6. The van der Waals surface area contributed by atoms with Gasteiger partial charge in [0.15, 0.2) is 0 Å². The van der Waals surface area contributed by atoms with Gasteiger partial charge in [-0.15, -0.1) is 0 Å². The summed E-state index contributed by atoms with van der Waals surface area (Å²) in [5.74, 6) is -0.283. The molecular weight excluding hydrogens is 181 g/mol. The number of benzene rings is 1. The van der Waals surface area contributed by atoms with Crippen molar-refractivity contribution in [2.45, 2.75) is 26.4 Å². The van der Waals surface area contributed by atoms with E-state index in [9.17, 15) is 4.39 Å². The molecule has 0 spiro atoms. The molecule has 2 nitrogen and oxygen atoms in total. The second-order valence-electron chi connectivity index (χ2n) is 3.08. The lowest BCUT2D eigenvalue weighted by atomic mass is 10.0. The van der Waals surface area contributed by atoms with E-state index in [0.717, 1.165) is 0 Å². The molecule has 1 rings (SSSR count). The van der Waals surface area contributed by atoms with E-state index in [2.05, 4.69) is 0 Å². The van der Waals surface area contributed by atoms with Gasteiger partial charge in [0.05, 0.1) is 0 Å². The van der Waals surface area contributed by atoms with Crippen molar-refractivity contribution < 1.29 is 9.13 Å². The summed E-state index contributed by atoms with van der Waals surface area (Å²) in [4.78, 5) is 0. The summed E-state index contributed by atoms with van der Waals surface area (Å²) in [5.41, 5.74) is 1.02. The molecule has 0 fully saturated rings. The van der Waals surface area contributed by atoms with Crippen molar-refractivity contribution in [2.75, 3.05) is 0 Å². The number of hydrogen-bond donors (Lipinski definition) is 0. The van der Waals surface area contributed by atoms with Crippen LogP contribution in [0.15, 0.2) is 18.2 Å². The fourth-order valence-corrected chi connectivity index (χ4v) is 1.35. The normalized spacial score (nSPS) is 11.9. The molecule has 74 valence electrons. The van der Waals surface area contributed by atoms with Gasteiger partial charge >= 0.3 is 0 Å². The molecule has 0 radical (unpaired) electrons. The Balaban J connectivity index is 3.05. The van der Waals surface area contributed by atoms with Crippen LogP contribution >= 0.6 is 0 Å². The third kappa shape index (κ3) is 2.02. The first-order chi connectivity index (χ1) is 6.70. The second kappa shape index (κ2) is 4.61. The summed E-state index contributed by atoms with van der Waals surface area (Å²) in [6, 6.07) is 5.10. The molecule has 0 unspecified atom stereocenters. The first-order valence-electron chi connectivity index (χ1n) is 4.50. The highest BCUT2D eigenvalue weighted by Gasteiger charge is 2.15. The molecule has 0 aliphatic rings. The molecule has 0 heterocycles. The Kier molecular flexibility index (Phi) is 3.47. The second-order valence-corrected chi connectivity index (χ2v) is 3.08. The van der Waals surface area contributed by atoms with Gasteiger partial charge in [-0.2, -0.15) is 5.26 Å². The minimum Gasteiger partial charge on any atom is -0.419 e. The monoisotopic (exact) mass is 193 g/mol. The number of nitriles is 1. The molecule has 0 saturated carbocycles.